The second-order valence-electron chi connectivity index (χ2n) is 4.75. The Balaban J connectivity index is 1.94. The van der Waals surface area contributed by atoms with E-state index in [2.05, 4.69) is 11.8 Å². The third kappa shape index (κ3) is 1.89. The largest absolute Gasteiger partial charge is 0.324 e. The Morgan fingerprint density at radius 2 is 1.85 bits per heavy atom. The van der Waals surface area contributed by atoms with Crippen molar-refractivity contribution in [2.24, 2.45) is 5.73 Å². The first kappa shape index (κ1) is 9.47. The molecule has 1 saturated heterocycles. The van der Waals surface area contributed by atoms with Gasteiger partial charge in [-0.1, -0.05) is 13.3 Å². The van der Waals surface area contributed by atoms with E-state index in [1.807, 2.05) is 0 Å². The molecule has 0 bridgehead atoms. The van der Waals surface area contributed by atoms with Crippen molar-refractivity contribution in [3.8, 4) is 0 Å². The van der Waals surface area contributed by atoms with Crippen LogP contribution in [0.3, 0.4) is 0 Å². The molecule has 1 saturated carbocycles. The van der Waals surface area contributed by atoms with Gasteiger partial charge in [0, 0.05) is 11.6 Å². The van der Waals surface area contributed by atoms with Gasteiger partial charge >= 0.3 is 0 Å². The smallest absolute Gasteiger partial charge is 0.0313 e. The standard InChI is InChI=1S/C11H22N2/c1-2-10(11(12)6-7-11)13-8-4-3-5-9-13/h10H,2-9,12H2,1H3. The van der Waals surface area contributed by atoms with Gasteiger partial charge in [-0.25, -0.2) is 0 Å². The predicted octanol–water partition coefficient (Wildman–Crippen LogP) is 1.74. The third-order valence-corrected chi connectivity index (χ3v) is 3.71. The molecular formula is C11H22N2. The quantitative estimate of drug-likeness (QED) is 0.720. The fraction of sp³-hybridized carbons (Fsp3) is 1.00. The van der Waals surface area contributed by atoms with Gasteiger partial charge in [-0.2, -0.15) is 0 Å². The first-order chi connectivity index (χ1) is 6.26. The molecule has 0 spiro atoms. The van der Waals surface area contributed by atoms with E-state index < -0.39 is 0 Å². The molecule has 0 aromatic rings. The minimum Gasteiger partial charge on any atom is -0.324 e. The van der Waals surface area contributed by atoms with Gasteiger partial charge in [0.15, 0.2) is 0 Å². The lowest BCUT2D eigenvalue weighted by atomic mass is 9.99. The third-order valence-electron chi connectivity index (χ3n) is 3.71. The van der Waals surface area contributed by atoms with Crippen LogP contribution in [0.1, 0.15) is 45.4 Å². The molecule has 1 aliphatic carbocycles. The summed E-state index contributed by atoms with van der Waals surface area (Å²) >= 11 is 0. The number of rotatable bonds is 3. The van der Waals surface area contributed by atoms with Gasteiger partial charge in [0.1, 0.15) is 0 Å². The van der Waals surface area contributed by atoms with Crippen molar-refractivity contribution >= 4 is 0 Å². The Hall–Kier alpha value is -0.0800. The number of hydrogen-bond acceptors (Lipinski definition) is 2. The molecule has 1 atom stereocenters. The van der Waals surface area contributed by atoms with Crippen LogP contribution in [0.2, 0.25) is 0 Å². The first-order valence-corrected chi connectivity index (χ1v) is 5.79. The van der Waals surface area contributed by atoms with Crippen LogP contribution < -0.4 is 5.73 Å². The summed E-state index contributed by atoms with van der Waals surface area (Å²) in [4.78, 5) is 2.64. The van der Waals surface area contributed by atoms with Crippen molar-refractivity contribution in [2.45, 2.75) is 57.0 Å². The summed E-state index contributed by atoms with van der Waals surface area (Å²) in [6, 6.07) is 0.674. The highest BCUT2D eigenvalue weighted by molar-refractivity contribution is 5.08. The zero-order valence-electron chi connectivity index (χ0n) is 8.76. The van der Waals surface area contributed by atoms with Crippen molar-refractivity contribution in [3.63, 3.8) is 0 Å². The van der Waals surface area contributed by atoms with E-state index in [9.17, 15) is 0 Å². The minimum absolute atomic E-state index is 0.200. The van der Waals surface area contributed by atoms with E-state index in [1.54, 1.807) is 0 Å². The fourth-order valence-electron chi connectivity index (χ4n) is 2.74. The van der Waals surface area contributed by atoms with Crippen LogP contribution in [-0.2, 0) is 0 Å². The summed E-state index contributed by atoms with van der Waals surface area (Å²) in [5.74, 6) is 0. The number of likely N-dealkylation sites (tertiary alicyclic amines) is 1. The molecule has 0 radical (unpaired) electrons. The van der Waals surface area contributed by atoms with Gasteiger partial charge in [-0.3, -0.25) is 4.90 Å². The molecule has 2 heteroatoms. The number of nitrogens with zero attached hydrogens (tertiary/aromatic N) is 1. The number of piperidine rings is 1. The van der Waals surface area contributed by atoms with Gasteiger partial charge in [0.25, 0.3) is 0 Å². The van der Waals surface area contributed by atoms with E-state index >= 15 is 0 Å². The predicted molar refractivity (Wildman–Crippen MR) is 55.7 cm³/mol. The second kappa shape index (κ2) is 3.58. The van der Waals surface area contributed by atoms with Crippen molar-refractivity contribution in [1.82, 2.24) is 4.90 Å². The lowest BCUT2D eigenvalue weighted by molar-refractivity contribution is 0.131. The SMILES string of the molecule is CCC(N1CCCCC1)C1(N)CC1. The van der Waals surface area contributed by atoms with E-state index in [-0.39, 0.29) is 5.54 Å². The second-order valence-corrected chi connectivity index (χ2v) is 4.75. The van der Waals surface area contributed by atoms with Crippen LogP contribution in [0.25, 0.3) is 0 Å². The average molecular weight is 182 g/mol. The van der Waals surface area contributed by atoms with Crippen LogP contribution >= 0.6 is 0 Å². The Bertz CT molecular complexity index is 169. The highest BCUT2D eigenvalue weighted by Gasteiger charge is 2.47. The molecule has 2 nitrogen and oxygen atoms in total. The maximum atomic E-state index is 6.29. The molecule has 0 amide bonds. The topological polar surface area (TPSA) is 29.3 Å². The van der Waals surface area contributed by atoms with Crippen molar-refractivity contribution in [3.05, 3.63) is 0 Å². The molecule has 1 aliphatic heterocycles. The van der Waals surface area contributed by atoms with Crippen molar-refractivity contribution < 1.29 is 0 Å². The van der Waals surface area contributed by atoms with E-state index in [1.165, 1.54) is 51.6 Å². The van der Waals surface area contributed by atoms with Crippen LogP contribution in [0.15, 0.2) is 0 Å². The molecule has 1 unspecified atom stereocenters. The molecule has 2 N–H and O–H groups in total. The van der Waals surface area contributed by atoms with Gasteiger partial charge < -0.3 is 5.73 Å². The van der Waals surface area contributed by atoms with Gasteiger partial charge in [-0.05, 0) is 45.2 Å². The maximum absolute atomic E-state index is 6.29. The fourth-order valence-corrected chi connectivity index (χ4v) is 2.74. The van der Waals surface area contributed by atoms with Crippen molar-refractivity contribution in [1.29, 1.82) is 0 Å². The number of hydrogen-bond donors (Lipinski definition) is 1. The monoisotopic (exact) mass is 182 g/mol. The van der Waals surface area contributed by atoms with Crippen LogP contribution in [0.5, 0.6) is 0 Å². The van der Waals surface area contributed by atoms with E-state index in [0.717, 1.165) is 0 Å². The Labute approximate surface area is 81.5 Å². The van der Waals surface area contributed by atoms with Gasteiger partial charge in [0.05, 0.1) is 0 Å². The minimum atomic E-state index is 0.200. The zero-order valence-corrected chi connectivity index (χ0v) is 8.76. The average Bonchev–Trinajstić information content (AvgIpc) is 2.87. The molecular weight excluding hydrogens is 160 g/mol. The molecule has 2 aliphatic rings. The van der Waals surface area contributed by atoms with Crippen LogP contribution in [0.4, 0.5) is 0 Å². The Kier molecular flexibility index (Phi) is 2.61. The lowest BCUT2D eigenvalue weighted by Crippen LogP contribution is -2.51. The van der Waals surface area contributed by atoms with Crippen LogP contribution in [-0.4, -0.2) is 29.6 Å². The van der Waals surface area contributed by atoms with E-state index in [4.69, 9.17) is 5.73 Å². The van der Waals surface area contributed by atoms with Crippen molar-refractivity contribution in [2.75, 3.05) is 13.1 Å². The summed E-state index contributed by atoms with van der Waals surface area (Å²) in [6.07, 6.45) is 7.92. The van der Waals surface area contributed by atoms with Gasteiger partial charge in [0.2, 0.25) is 0 Å². The molecule has 0 aromatic heterocycles. The molecule has 76 valence electrons. The normalized spacial score (nSPS) is 30.0. The summed E-state index contributed by atoms with van der Waals surface area (Å²) < 4.78 is 0. The lowest BCUT2D eigenvalue weighted by Gasteiger charge is -2.37. The maximum Gasteiger partial charge on any atom is 0.0313 e. The summed E-state index contributed by atoms with van der Waals surface area (Å²) in [5.41, 5.74) is 6.49. The first-order valence-electron chi connectivity index (χ1n) is 5.79. The Morgan fingerprint density at radius 3 is 2.31 bits per heavy atom. The highest BCUT2D eigenvalue weighted by Crippen LogP contribution is 2.40. The Morgan fingerprint density at radius 1 is 1.23 bits per heavy atom. The summed E-state index contributed by atoms with van der Waals surface area (Å²) in [5, 5.41) is 0. The summed E-state index contributed by atoms with van der Waals surface area (Å²) in [6.45, 7) is 4.86. The molecule has 0 aromatic carbocycles. The molecule has 2 rings (SSSR count). The summed E-state index contributed by atoms with van der Waals surface area (Å²) in [7, 11) is 0. The molecule has 13 heavy (non-hydrogen) atoms. The molecule has 1 heterocycles. The highest BCUT2D eigenvalue weighted by atomic mass is 15.2. The van der Waals surface area contributed by atoms with Crippen LogP contribution in [0, 0.1) is 0 Å². The number of nitrogens with two attached hydrogens (primary N) is 1. The molecule has 2 fully saturated rings. The van der Waals surface area contributed by atoms with Gasteiger partial charge in [-0.15, -0.1) is 0 Å². The zero-order chi connectivity index (χ0) is 9.31. The van der Waals surface area contributed by atoms with E-state index in [0.29, 0.717) is 6.04 Å².